The normalized spacial score (nSPS) is 12.5. The van der Waals surface area contributed by atoms with Crippen molar-refractivity contribution in [3.8, 4) is 28.8 Å². The summed E-state index contributed by atoms with van der Waals surface area (Å²) in [5.41, 5.74) is 10.7. The van der Waals surface area contributed by atoms with E-state index < -0.39 is 5.97 Å². The SMILES string of the molecule is COC(=O)c1cc(C#Cc2ccc(OCc3c(-c4c(Cl)cccc4Cl)noc3C3CC3)cc2Cl)cc(N)c1C. The minimum atomic E-state index is -0.472. The summed E-state index contributed by atoms with van der Waals surface area (Å²) in [6.45, 7) is 1.96. The second kappa shape index (κ2) is 11.2. The highest BCUT2D eigenvalue weighted by atomic mass is 35.5. The number of nitrogens with two attached hydrogens (primary N) is 1. The maximum Gasteiger partial charge on any atom is 0.338 e. The van der Waals surface area contributed by atoms with E-state index in [1.54, 1.807) is 55.5 Å². The first-order valence-electron chi connectivity index (χ1n) is 12.1. The summed E-state index contributed by atoms with van der Waals surface area (Å²) in [7, 11) is 1.32. The first kappa shape index (κ1) is 27.0. The molecule has 9 heteroatoms. The third kappa shape index (κ3) is 5.72. The van der Waals surface area contributed by atoms with E-state index in [0.717, 1.165) is 24.2 Å². The van der Waals surface area contributed by atoms with Crippen LogP contribution in [-0.4, -0.2) is 18.2 Å². The van der Waals surface area contributed by atoms with Crippen molar-refractivity contribution in [2.75, 3.05) is 12.8 Å². The number of halogens is 3. The van der Waals surface area contributed by atoms with Crippen LogP contribution in [0.3, 0.4) is 0 Å². The largest absolute Gasteiger partial charge is 0.489 e. The molecule has 39 heavy (non-hydrogen) atoms. The van der Waals surface area contributed by atoms with Crippen molar-refractivity contribution in [1.82, 2.24) is 5.16 Å². The van der Waals surface area contributed by atoms with Crippen molar-refractivity contribution in [2.45, 2.75) is 32.3 Å². The van der Waals surface area contributed by atoms with Crippen molar-refractivity contribution in [3.05, 3.63) is 97.2 Å². The van der Waals surface area contributed by atoms with Gasteiger partial charge in [0.15, 0.2) is 0 Å². The van der Waals surface area contributed by atoms with Crippen LogP contribution in [0.5, 0.6) is 5.75 Å². The molecule has 5 rings (SSSR count). The summed E-state index contributed by atoms with van der Waals surface area (Å²) in [4.78, 5) is 12.1. The van der Waals surface area contributed by atoms with E-state index in [1.807, 2.05) is 0 Å². The number of hydrogen-bond acceptors (Lipinski definition) is 6. The molecule has 0 bridgehead atoms. The molecule has 1 aliphatic carbocycles. The number of aromatic nitrogens is 1. The lowest BCUT2D eigenvalue weighted by atomic mass is 10.0. The molecule has 1 aliphatic rings. The average molecular weight is 582 g/mol. The number of hydrogen-bond donors (Lipinski definition) is 1. The summed E-state index contributed by atoms with van der Waals surface area (Å²) in [6.07, 6.45) is 2.07. The zero-order valence-electron chi connectivity index (χ0n) is 21.1. The molecule has 0 saturated heterocycles. The van der Waals surface area contributed by atoms with Gasteiger partial charge in [0.2, 0.25) is 0 Å². The fourth-order valence-corrected chi connectivity index (χ4v) is 4.96. The highest BCUT2D eigenvalue weighted by molar-refractivity contribution is 6.39. The van der Waals surface area contributed by atoms with E-state index in [9.17, 15) is 4.79 Å². The predicted octanol–water partition coefficient (Wildman–Crippen LogP) is 7.84. The molecule has 3 aromatic carbocycles. The smallest absolute Gasteiger partial charge is 0.338 e. The van der Waals surface area contributed by atoms with Crippen LogP contribution in [0.2, 0.25) is 15.1 Å². The van der Waals surface area contributed by atoms with Gasteiger partial charge in [-0.2, -0.15) is 0 Å². The molecule has 0 spiro atoms. The lowest BCUT2D eigenvalue weighted by Gasteiger charge is -2.10. The molecule has 1 saturated carbocycles. The number of ether oxygens (including phenoxy) is 2. The van der Waals surface area contributed by atoms with E-state index in [-0.39, 0.29) is 6.61 Å². The Balaban J connectivity index is 1.38. The van der Waals surface area contributed by atoms with Crippen LogP contribution in [0.4, 0.5) is 5.69 Å². The Morgan fingerprint density at radius 2 is 1.82 bits per heavy atom. The third-order valence-corrected chi connectivity index (χ3v) is 7.43. The van der Waals surface area contributed by atoms with Gasteiger partial charge < -0.3 is 19.7 Å². The second-order valence-electron chi connectivity index (χ2n) is 9.15. The Kier molecular flexibility index (Phi) is 7.76. The van der Waals surface area contributed by atoms with Crippen molar-refractivity contribution >= 4 is 46.5 Å². The van der Waals surface area contributed by atoms with Gasteiger partial charge in [-0.3, -0.25) is 0 Å². The third-order valence-electron chi connectivity index (χ3n) is 6.48. The topological polar surface area (TPSA) is 87.6 Å². The number of nitrogens with zero attached hydrogens (tertiary/aromatic N) is 1. The van der Waals surface area contributed by atoms with Gasteiger partial charge in [-0.25, -0.2) is 4.79 Å². The van der Waals surface area contributed by atoms with Crippen LogP contribution in [0.15, 0.2) is 53.1 Å². The lowest BCUT2D eigenvalue weighted by Crippen LogP contribution is -2.06. The second-order valence-corrected chi connectivity index (χ2v) is 10.4. The highest BCUT2D eigenvalue weighted by Crippen LogP contribution is 2.46. The van der Waals surface area contributed by atoms with Gasteiger partial charge in [-0.05, 0) is 61.7 Å². The number of rotatable bonds is 6. The van der Waals surface area contributed by atoms with Crippen molar-refractivity contribution in [3.63, 3.8) is 0 Å². The number of benzene rings is 3. The molecule has 198 valence electrons. The molecule has 0 unspecified atom stereocenters. The van der Waals surface area contributed by atoms with E-state index in [2.05, 4.69) is 17.0 Å². The van der Waals surface area contributed by atoms with E-state index in [4.69, 9.17) is 54.5 Å². The summed E-state index contributed by atoms with van der Waals surface area (Å²) < 4.78 is 16.7. The molecular weight excluding hydrogens is 559 g/mol. The quantitative estimate of drug-likeness (QED) is 0.142. The summed E-state index contributed by atoms with van der Waals surface area (Å²) in [5, 5.41) is 5.68. The minimum Gasteiger partial charge on any atom is -0.489 e. The summed E-state index contributed by atoms with van der Waals surface area (Å²) >= 11 is 19.4. The van der Waals surface area contributed by atoms with E-state index >= 15 is 0 Å². The van der Waals surface area contributed by atoms with Crippen LogP contribution in [0.25, 0.3) is 11.3 Å². The zero-order chi connectivity index (χ0) is 27.7. The van der Waals surface area contributed by atoms with Gasteiger partial charge in [0.1, 0.15) is 23.8 Å². The number of methoxy groups -OCH3 is 1. The monoisotopic (exact) mass is 580 g/mol. The Morgan fingerprint density at radius 3 is 2.49 bits per heavy atom. The number of nitrogen functional groups attached to an aromatic ring is 1. The fourth-order valence-electron chi connectivity index (χ4n) is 4.16. The van der Waals surface area contributed by atoms with Gasteiger partial charge in [0.05, 0.1) is 33.3 Å². The molecule has 0 amide bonds. The Hall–Kier alpha value is -3.63. The fraction of sp³-hybridized carbons (Fsp3) is 0.200. The van der Waals surface area contributed by atoms with Crippen LogP contribution in [-0.2, 0) is 11.3 Å². The molecule has 2 N–H and O–H groups in total. The van der Waals surface area contributed by atoms with Crippen LogP contribution >= 0.6 is 34.8 Å². The molecular formula is C30H23Cl3N2O4. The van der Waals surface area contributed by atoms with Crippen LogP contribution in [0, 0.1) is 18.8 Å². The highest BCUT2D eigenvalue weighted by Gasteiger charge is 2.33. The number of esters is 1. The van der Waals surface area contributed by atoms with Crippen molar-refractivity contribution in [2.24, 2.45) is 0 Å². The number of carbonyl (C=O) groups excluding carboxylic acids is 1. The van der Waals surface area contributed by atoms with E-state index in [1.165, 1.54) is 7.11 Å². The van der Waals surface area contributed by atoms with Gasteiger partial charge in [-0.1, -0.05) is 57.9 Å². The molecule has 4 aromatic rings. The summed E-state index contributed by atoms with van der Waals surface area (Å²) in [6, 6.07) is 13.9. The van der Waals surface area contributed by atoms with Gasteiger partial charge >= 0.3 is 5.97 Å². The molecule has 1 fully saturated rings. The first-order valence-corrected chi connectivity index (χ1v) is 13.3. The molecule has 1 aromatic heterocycles. The van der Waals surface area contributed by atoms with Gasteiger partial charge in [0.25, 0.3) is 0 Å². The van der Waals surface area contributed by atoms with Gasteiger partial charge in [-0.15, -0.1) is 0 Å². The molecule has 0 aliphatic heterocycles. The minimum absolute atomic E-state index is 0.201. The maximum absolute atomic E-state index is 12.1. The van der Waals surface area contributed by atoms with E-state index in [0.29, 0.717) is 65.9 Å². The first-order chi connectivity index (χ1) is 18.8. The maximum atomic E-state index is 12.1. The molecule has 0 atom stereocenters. The Morgan fingerprint density at radius 1 is 1.08 bits per heavy atom. The Bertz CT molecular complexity index is 1630. The molecule has 6 nitrogen and oxygen atoms in total. The van der Waals surface area contributed by atoms with Crippen molar-refractivity contribution < 1.29 is 18.8 Å². The molecule has 1 heterocycles. The zero-order valence-corrected chi connectivity index (χ0v) is 23.4. The summed E-state index contributed by atoms with van der Waals surface area (Å²) in [5.74, 6) is 7.23. The van der Waals surface area contributed by atoms with Crippen LogP contribution in [0.1, 0.15) is 57.1 Å². The average Bonchev–Trinajstić information content (AvgIpc) is 3.68. The molecule has 0 radical (unpaired) electrons. The standard InChI is InChI=1S/C30H23Cl3N2O4/c1-16-21(30(36)37-2)12-17(13-26(16)34)6-7-18-10-11-20(14-25(18)33)38-15-22-28(35-39-29(22)19-8-9-19)27-23(31)4-3-5-24(27)32/h3-5,10-14,19H,8-9,15,34H2,1-2H3. The predicted molar refractivity (Wildman–Crippen MR) is 153 cm³/mol. The van der Waals surface area contributed by atoms with Gasteiger partial charge in [0, 0.05) is 34.4 Å². The van der Waals surface area contributed by atoms with Crippen molar-refractivity contribution in [1.29, 1.82) is 0 Å². The number of anilines is 1. The van der Waals surface area contributed by atoms with Crippen LogP contribution < -0.4 is 10.5 Å². The number of carbonyl (C=O) groups is 1. The Labute approximate surface area is 240 Å². The lowest BCUT2D eigenvalue weighted by molar-refractivity contribution is 0.0600.